The van der Waals surface area contributed by atoms with E-state index >= 15 is 0 Å². The number of carbonyl (C=O) groups excluding carboxylic acids is 1. The predicted molar refractivity (Wildman–Crippen MR) is 102 cm³/mol. The van der Waals surface area contributed by atoms with E-state index in [9.17, 15) is 14.7 Å². The Bertz CT molecular complexity index is 876. The van der Waals surface area contributed by atoms with Crippen LogP contribution in [0, 0.1) is 5.92 Å². The number of pyridine rings is 1. The normalized spacial score (nSPS) is 13.6. The van der Waals surface area contributed by atoms with Crippen molar-refractivity contribution in [1.82, 2.24) is 9.88 Å². The van der Waals surface area contributed by atoms with Crippen LogP contribution in [0.5, 0.6) is 5.75 Å². The zero-order chi connectivity index (χ0) is 18.7. The maximum atomic E-state index is 12.2. The SMILES string of the molecule is O=C(NCCCc1ccc(Cl)c(Cl)c1)c1ccn(CC2CC2)c(=O)c1O. The third-order valence-electron chi connectivity index (χ3n) is 4.45. The van der Waals surface area contributed by atoms with Gasteiger partial charge in [0.2, 0.25) is 0 Å². The fourth-order valence-corrected chi connectivity index (χ4v) is 3.07. The van der Waals surface area contributed by atoms with E-state index in [-0.39, 0.29) is 5.56 Å². The number of hydrogen-bond donors (Lipinski definition) is 2. The van der Waals surface area contributed by atoms with Gasteiger partial charge in [-0.1, -0.05) is 29.3 Å². The highest BCUT2D eigenvalue weighted by Gasteiger charge is 2.23. The average Bonchev–Trinajstić information content (AvgIpc) is 3.43. The van der Waals surface area contributed by atoms with Crippen molar-refractivity contribution in [3.8, 4) is 5.75 Å². The molecule has 2 N–H and O–H groups in total. The zero-order valence-electron chi connectivity index (χ0n) is 14.2. The molecule has 1 amide bonds. The van der Waals surface area contributed by atoms with Crippen LogP contribution in [0.1, 0.15) is 35.2 Å². The molecule has 0 bridgehead atoms. The van der Waals surface area contributed by atoms with E-state index in [0.717, 1.165) is 24.8 Å². The van der Waals surface area contributed by atoms with E-state index in [4.69, 9.17) is 23.2 Å². The van der Waals surface area contributed by atoms with Crippen molar-refractivity contribution in [2.24, 2.45) is 5.92 Å². The Kier molecular flexibility index (Phi) is 5.89. The molecule has 1 aromatic carbocycles. The lowest BCUT2D eigenvalue weighted by atomic mass is 10.1. The van der Waals surface area contributed by atoms with Gasteiger partial charge in [-0.2, -0.15) is 0 Å². The molecule has 3 rings (SSSR count). The fraction of sp³-hybridized carbons (Fsp3) is 0.368. The summed E-state index contributed by atoms with van der Waals surface area (Å²) in [5.41, 5.74) is 0.524. The smallest absolute Gasteiger partial charge is 0.293 e. The largest absolute Gasteiger partial charge is 0.502 e. The van der Waals surface area contributed by atoms with Crippen LogP contribution in [-0.2, 0) is 13.0 Å². The molecule has 0 saturated heterocycles. The zero-order valence-corrected chi connectivity index (χ0v) is 15.7. The molecule has 0 atom stereocenters. The van der Waals surface area contributed by atoms with Crippen LogP contribution >= 0.6 is 23.2 Å². The number of halogens is 2. The van der Waals surface area contributed by atoms with Crippen LogP contribution in [0.15, 0.2) is 35.3 Å². The number of aryl methyl sites for hydroxylation is 1. The van der Waals surface area contributed by atoms with Gasteiger partial charge in [0, 0.05) is 19.3 Å². The van der Waals surface area contributed by atoms with E-state index in [1.165, 1.54) is 10.6 Å². The lowest BCUT2D eigenvalue weighted by Crippen LogP contribution is -2.28. The number of amides is 1. The van der Waals surface area contributed by atoms with Crippen LogP contribution in [0.4, 0.5) is 0 Å². The standard InChI is InChI=1S/C19H20Cl2N2O3/c20-15-6-5-12(10-16(15)21)2-1-8-22-18(25)14-7-9-23(11-13-3-4-13)19(26)17(14)24/h5-7,9-10,13,24H,1-4,8,11H2,(H,22,25). The van der Waals surface area contributed by atoms with Crippen molar-refractivity contribution in [2.75, 3.05) is 6.54 Å². The summed E-state index contributed by atoms with van der Waals surface area (Å²) in [5, 5.41) is 13.8. The van der Waals surface area contributed by atoms with Gasteiger partial charge >= 0.3 is 0 Å². The monoisotopic (exact) mass is 394 g/mol. The highest BCUT2D eigenvalue weighted by molar-refractivity contribution is 6.42. The fourth-order valence-electron chi connectivity index (χ4n) is 2.75. The predicted octanol–water partition coefficient (Wildman–Crippen LogP) is 3.63. The topological polar surface area (TPSA) is 71.3 Å². The highest BCUT2D eigenvalue weighted by Crippen LogP contribution is 2.30. The van der Waals surface area contributed by atoms with Gasteiger partial charge in [0.15, 0.2) is 5.75 Å². The lowest BCUT2D eigenvalue weighted by molar-refractivity contribution is 0.0950. The Labute approximate surface area is 161 Å². The molecule has 1 aliphatic carbocycles. The molecule has 1 saturated carbocycles. The first-order chi connectivity index (χ1) is 12.5. The van der Waals surface area contributed by atoms with Gasteiger partial charge in [0.1, 0.15) is 0 Å². The number of nitrogens with one attached hydrogen (secondary N) is 1. The van der Waals surface area contributed by atoms with Crippen molar-refractivity contribution in [3.05, 3.63) is 62.0 Å². The van der Waals surface area contributed by atoms with Gasteiger partial charge in [0.05, 0.1) is 15.6 Å². The van der Waals surface area contributed by atoms with Crippen LogP contribution in [0.2, 0.25) is 10.0 Å². The Morgan fingerprint density at radius 3 is 2.69 bits per heavy atom. The summed E-state index contributed by atoms with van der Waals surface area (Å²) < 4.78 is 1.47. The van der Waals surface area contributed by atoms with Gasteiger partial charge in [0.25, 0.3) is 11.5 Å². The number of nitrogens with zero attached hydrogens (tertiary/aromatic N) is 1. The summed E-state index contributed by atoms with van der Waals surface area (Å²) in [6.45, 7) is 1.02. The van der Waals surface area contributed by atoms with Gasteiger partial charge < -0.3 is 15.0 Å². The molecule has 2 aromatic rings. The van der Waals surface area contributed by atoms with Crippen molar-refractivity contribution in [3.63, 3.8) is 0 Å². The van der Waals surface area contributed by atoms with E-state index in [2.05, 4.69) is 5.32 Å². The third kappa shape index (κ3) is 4.59. The minimum atomic E-state index is -0.514. The van der Waals surface area contributed by atoms with Crippen LogP contribution in [0.3, 0.4) is 0 Å². The summed E-state index contributed by atoms with van der Waals surface area (Å²) >= 11 is 11.9. The number of aromatic hydroxyl groups is 1. The molecule has 1 fully saturated rings. The molecule has 0 unspecified atom stereocenters. The first kappa shape index (κ1) is 18.8. The number of rotatable bonds is 7. The second kappa shape index (κ2) is 8.14. The van der Waals surface area contributed by atoms with Crippen molar-refractivity contribution < 1.29 is 9.90 Å². The Balaban J connectivity index is 1.53. The van der Waals surface area contributed by atoms with Crippen LogP contribution in [0.25, 0.3) is 0 Å². The Morgan fingerprint density at radius 1 is 1.23 bits per heavy atom. The van der Waals surface area contributed by atoms with Gasteiger partial charge in [-0.15, -0.1) is 0 Å². The van der Waals surface area contributed by atoms with Gasteiger partial charge in [-0.05, 0) is 55.4 Å². The molecule has 5 nitrogen and oxygen atoms in total. The molecule has 1 aromatic heterocycles. The second-order valence-corrected chi connectivity index (χ2v) is 7.40. The quantitative estimate of drug-likeness (QED) is 0.704. The first-order valence-corrected chi connectivity index (χ1v) is 9.36. The van der Waals surface area contributed by atoms with E-state index < -0.39 is 17.2 Å². The summed E-state index contributed by atoms with van der Waals surface area (Å²) in [6, 6.07) is 6.93. The lowest BCUT2D eigenvalue weighted by Gasteiger charge is -2.10. The Morgan fingerprint density at radius 2 is 2.00 bits per heavy atom. The van der Waals surface area contributed by atoms with Crippen LogP contribution < -0.4 is 10.9 Å². The third-order valence-corrected chi connectivity index (χ3v) is 5.19. The minimum absolute atomic E-state index is 0.0107. The molecule has 1 aliphatic rings. The molecule has 0 aliphatic heterocycles. The Hall–Kier alpha value is -1.98. The number of hydrogen-bond acceptors (Lipinski definition) is 3. The second-order valence-electron chi connectivity index (χ2n) is 6.59. The van der Waals surface area contributed by atoms with Gasteiger partial charge in [-0.3, -0.25) is 9.59 Å². The molecule has 7 heteroatoms. The molecular weight excluding hydrogens is 375 g/mol. The minimum Gasteiger partial charge on any atom is -0.502 e. The maximum absolute atomic E-state index is 12.2. The molecule has 26 heavy (non-hydrogen) atoms. The van der Waals surface area contributed by atoms with Crippen molar-refractivity contribution >= 4 is 29.1 Å². The van der Waals surface area contributed by atoms with Gasteiger partial charge in [-0.25, -0.2) is 0 Å². The van der Waals surface area contributed by atoms with E-state index in [0.29, 0.717) is 35.5 Å². The van der Waals surface area contributed by atoms with Crippen molar-refractivity contribution in [2.45, 2.75) is 32.2 Å². The van der Waals surface area contributed by atoms with E-state index in [1.807, 2.05) is 6.07 Å². The summed E-state index contributed by atoms with van der Waals surface area (Å²) in [7, 11) is 0. The number of carbonyl (C=O) groups is 1. The first-order valence-electron chi connectivity index (χ1n) is 8.60. The highest BCUT2D eigenvalue weighted by atomic mass is 35.5. The molecule has 0 spiro atoms. The average molecular weight is 395 g/mol. The summed E-state index contributed by atoms with van der Waals surface area (Å²) in [4.78, 5) is 24.4. The number of benzene rings is 1. The van der Waals surface area contributed by atoms with Crippen molar-refractivity contribution in [1.29, 1.82) is 0 Å². The molecule has 0 radical (unpaired) electrons. The molecule has 1 heterocycles. The molecule has 138 valence electrons. The molecular formula is C19H20Cl2N2O3. The summed E-state index contributed by atoms with van der Waals surface area (Å²) in [5.74, 6) is -0.435. The maximum Gasteiger partial charge on any atom is 0.293 e. The van der Waals surface area contributed by atoms with Crippen LogP contribution in [-0.4, -0.2) is 22.1 Å². The summed E-state index contributed by atoms with van der Waals surface area (Å²) in [6.07, 6.45) is 5.21. The van der Waals surface area contributed by atoms with E-state index in [1.54, 1.807) is 18.3 Å². The number of aromatic nitrogens is 1.